The molecule has 1 saturated heterocycles. The quantitative estimate of drug-likeness (QED) is 0.606. The van der Waals surface area contributed by atoms with Crippen LogP contribution in [0.5, 0.6) is 0 Å². The Morgan fingerprint density at radius 3 is 2.68 bits per heavy atom. The number of furan rings is 1. The maximum Gasteiger partial charge on any atom is 0.310 e. The molecule has 0 radical (unpaired) electrons. The average Bonchev–Trinajstić information content (AvgIpc) is 3.27. The second-order valence-corrected chi connectivity index (χ2v) is 7.81. The minimum absolute atomic E-state index is 0.00178. The Bertz CT molecular complexity index is 892. The molecule has 2 amide bonds. The van der Waals surface area contributed by atoms with Crippen LogP contribution in [-0.2, 0) is 25.5 Å². The third-order valence-electron chi connectivity index (χ3n) is 5.50. The lowest BCUT2D eigenvalue weighted by atomic mass is 9.98. The summed E-state index contributed by atoms with van der Waals surface area (Å²) in [7, 11) is 1.63. The minimum atomic E-state index is -0.281. The van der Waals surface area contributed by atoms with Crippen LogP contribution in [0, 0.1) is 5.92 Å². The van der Waals surface area contributed by atoms with Gasteiger partial charge in [-0.05, 0) is 31.9 Å². The number of carbonyl (C=O) groups excluding carboxylic acids is 3. The van der Waals surface area contributed by atoms with Gasteiger partial charge in [0.2, 0.25) is 11.8 Å². The van der Waals surface area contributed by atoms with Gasteiger partial charge in [-0.1, -0.05) is 30.3 Å². The van der Waals surface area contributed by atoms with E-state index in [0.717, 1.165) is 29.9 Å². The number of carbonyl (C=O) groups is 3. The molecule has 1 aliphatic heterocycles. The molecule has 1 aromatic heterocycles. The topological polar surface area (TPSA) is 80.1 Å². The molecular formula is C24H30N2O5. The standard InChI is InChI=1S/C24H30N2O5/c1-3-30-24(29)19-10-7-15-26(16-19)23(28)17-25(2)22(27)14-12-20-11-13-21(31-20)18-8-5-4-6-9-18/h4-6,8-9,11,13,19H,3,7,10,12,14-17H2,1-2H3. The smallest absolute Gasteiger partial charge is 0.310 e. The fourth-order valence-electron chi connectivity index (χ4n) is 3.74. The van der Waals surface area contributed by atoms with Gasteiger partial charge in [0.05, 0.1) is 19.1 Å². The third kappa shape index (κ3) is 6.20. The minimum Gasteiger partial charge on any atom is -0.466 e. The lowest BCUT2D eigenvalue weighted by Crippen LogP contribution is -2.47. The Morgan fingerprint density at radius 2 is 1.94 bits per heavy atom. The number of esters is 1. The van der Waals surface area contributed by atoms with E-state index in [1.165, 1.54) is 4.90 Å². The average molecular weight is 427 g/mol. The summed E-state index contributed by atoms with van der Waals surface area (Å²) in [5.74, 6) is 0.710. The summed E-state index contributed by atoms with van der Waals surface area (Å²) in [5, 5.41) is 0. The molecule has 1 fully saturated rings. The highest BCUT2D eigenvalue weighted by atomic mass is 16.5. The van der Waals surface area contributed by atoms with Gasteiger partial charge in [-0.25, -0.2) is 0 Å². The number of hydrogen-bond acceptors (Lipinski definition) is 5. The van der Waals surface area contributed by atoms with Gasteiger partial charge in [0.1, 0.15) is 11.5 Å². The van der Waals surface area contributed by atoms with Gasteiger partial charge in [-0.3, -0.25) is 14.4 Å². The molecule has 7 nitrogen and oxygen atoms in total. The van der Waals surface area contributed by atoms with Crippen LogP contribution >= 0.6 is 0 Å². The molecule has 1 unspecified atom stereocenters. The molecule has 0 saturated carbocycles. The van der Waals surface area contributed by atoms with E-state index in [0.29, 0.717) is 26.1 Å². The summed E-state index contributed by atoms with van der Waals surface area (Å²) in [6.07, 6.45) is 2.22. The number of ether oxygens (including phenoxy) is 1. The molecule has 0 N–H and O–H groups in total. The zero-order chi connectivity index (χ0) is 22.2. The van der Waals surface area contributed by atoms with E-state index in [1.807, 2.05) is 42.5 Å². The van der Waals surface area contributed by atoms with Gasteiger partial charge in [-0.15, -0.1) is 0 Å². The van der Waals surface area contributed by atoms with Crippen molar-refractivity contribution in [2.24, 2.45) is 5.92 Å². The van der Waals surface area contributed by atoms with Gasteiger partial charge in [0.25, 0.3) is 0 Å². The van der Waals surface area contributed by atoms with Gasteiger partial charge < -0.3 is 19.0 Å². The Balaban J connectivity index is 1.46. The van der Waals surface area contributed by atoms with Crippen LogP contribution in [0.4, 0.5) is 0 Å². The van der Waals surface area contributed by atoms with Crippen molar-refractivity contribution >= 4 is 17.8 Å². The molecule has 3 rings (SSSR count). The van der Waals surface area contributed by atoms with Crippen molar-refractivity contribution in [2.75, 3.05) is 33.3 Å². The van der Waals surface area contributed by atoms with E-state index in [2.05, 4.69) is 0 Å². The van der Waals surface area contributed by atoms with Crippen molar-refractivity contribution in [2.45, 2.75) is 32.6 Å². The van der Waals surface area contributed by atoms with Crippen molar-refractivity contribution in [3.63, 3.8) is 0 Å². The zero-order valence-corrected chi connectivity index (χ0v) is 18.2. The van der Waals surface area contributed by atoms with Gasteiger partial charge in [0.15, 0.2) is 0 Å². The molecule has 1 aromatic carbocycles. The lowest BCUT2D eigenvalue weighted by molar-refractivity contribution is -0.152. The van der Waals surface area contributed by atoms with Crippen LogP contribution in [0.2, 0.25) is 0 Å². The van der Waals surface area contributed by atoms with Crippen molar-refractivity contribution in [1.82, 2.24) is 9.80 Å². The van der Waals surface area contributed by atoms with Crippen LogP contribution in [0.25, 0.3) is 11.3 Å². The van der Waals surface area contributed by atoms with Crippen LogP contribution in [0.3, 0.4) is 0 Å². The fourth-order valence-corrected chi connectivity index (χ4v) is 3.74. The molecule has 7 heteroatoms. The Kier molecular flexibility index (Phi) is 7.87. The number of likely N-dealkylation sites (N-methyl/N-ethyl adjacent to an activating group) is 1. The first-order valence-corrected chi connectivity index (χ1v) is 10.8. The lowest BCUT2D eigenvalue weighted by Gasteiger charge is -2.32. The molecule has 1 aliphatic rings. The highest BCUT2D eigenvalue weighted by Gasteiger charge is 2.30. The van der Waals surface area contributed by atoms with Crippen LogP contribution in [0.15, 0.2) is 46.9 Å². The normalized spacial score (nSPS) is 16.1. The molecule has 0 aliphatic carbocycles. The number of piperidine rings is 1. The van der Waals surface area contributed by atoms with Crippen LogP contribution in [0.1, 0.15) is 31.9 Å². The Labute approximate surface area is 183 Å². The van der Waals surface area contributed by atoms with Gasteiger partial charge in [0, 0.05) is 38.5 Å². The Hall–Kier alpha value is -3.09. The van der Waals surface area contributed by atoms with E-state index in [-0.39, 0.29) is 36.7 Å². The monoisotopic (exact) mass is 426 g/mol. The number of benzene rings is 1. The molecule has 0 spiro atoms. The zero-order valence-electron chi connectivity index (χ0n) is 18.2. The summed E-state index contributed by atoms with van der Waals surface area (Å²) in [5.41, 5.74) is 0.991. The van der Waals surface area contributed by atoms with Crippen LogP contribution in [-0.4, -0.2) is 60.9 Å². The van der Waals surface area contributed by atoms with E-state index in [9.17, 15) is 14.4 Å². The number of rotatable bonds is 8. The second-order valence-electron chi connectivity index (χ2n) is 7.81. The van der Waals surface area contributed by atoms with Gasteiger partial charge >= 0.3 is 5.97 Å². The van der Waals surface area contributed by atoms with Gasteiger partial charge in [-0.2, -0.15) is 0 Å². The molecular weight excluding hydrogens is 396 g/mol. The highest BCUT2D eigenvalue weighted by Crippen LogP contribution is 2.22. The first kappa shape index (κ1) is 22.6. The van der Waals surface area contributed by atoms with E-state index >= 15 is 0 Å². The molecule has 2 aromatic rings. The molecule has 2 heterocycles. The second kappa shape index (κ2) is 10.8. The predicted molar refractivity (Wildman–Crippen MR) is 116 cm³/mol. The molecule has 1 atom stereocenters. The Morgan fingerprint density at radius 1 is 1.16 bits per heavy atom. The van der Waals surface area contributed by atoms with Crippen molar-refractivity contribution in [3.05, 3.63) is 48.2 Å². The third-order valence-corrected chi connectivity index (χ3v) is 5.50. The highest BCUT2D eigenvalue weighted by molar-refractivity contribution is 5.85. The number of likely N-dealkylation sites (tertiary alicyclic amines) is 1. The maximum atomic E-state index is 12.6. The van der Waals surface area contributed by atoms with Crippen LogP contribution < -0.4 is 0 Å². The van der Waals surface area contributed by atoms with E-state index in [1.54, 1.807) is 18.9 Å². The van der Waals surface area contributed by atoms with E-state index in [4.69, 9.17) is 9.15 Å². The molecule has 0 bridgehead atoms. The summed E-state index contributed by atoms with van der Waals surface area (Å²) < 4.78 is 10.9. The number of amides is 2. The molecule has 166 valence electrons. The SMILES string of the molecule is CCOC(=O)C1CCCN(C(=O)CN(C)C(=O)CCc2ccc(-c3ccccc3)o2)C1. The first-order chi connectivity index (χ1) is 15.0. The fraction of sp³-hybridized carbons (Fsp3) is 0.458. The number of nitrogens with zero attached hydrogens (tertiary/aromatic N) is 2. The largest absolute Gasteiger partial charge is 0.466 e. The predicted octanol–water partition coefficient (Wildman–Crippen LogP) is 3.14. The summed E-state index contributed by atoms with van der Waals surface area (Å²) in [4.78, 5) is 40.2. The van der Waals surface area contributed by atoms with Crippen molar-refractivity contribution < 1.29 is 23.5 Å². The summed E-state index contributed by atoms with van der Waals surface area (Å²) >= 11 is 0. The maximum absolute atomic E-state index is 12.6. The molecule has 31 heavy (non-hydrogen) atoms. The van der Waals surface area contributed by atoms with E-state index < -0.39 is 0 Å². The summed E-state index contributed by atoms with van der Waals surface area (Å²) in [6, 6.07) is 13.6. The summed E-state index contributed by atoms with van der Waals surface area (Å²) in [6.45, 7) is 3.07. The number of aryl methyl sites for hydroxylation is 1. The first-order valence-electron chi connectivity index (χ1n) is 10.8. The van der Waals surface area contributed by atoms with Crippen molar-refractivity contribution in [1.29, 1.82) is 0 Å². The number of hydrogen-bond donors (Lipinski definition) is 0. The van der Waals surface area contributed by atoms with Crippen molar-refractivity contribution in [3.8, 4) is 11.3 Å².